The summed E-state index contributed by atoms with van der Waals surface area (Å²) < 4.78 is 38.8. The van der Waals surface area contributed by atoms with E-state index in [4.69, 9.17) is 15.2 Å². The molecule has 1 aromatic heterocycles. The number of halogens is 2. The second kappa shape index (κ2) is 6.60. The molecule has 7 nitrogen and oxygen atoms in total. The fourth-order valence-corrected chi connectivity index (χ4v) is 2.57. The first kappa shape index (κ1) is 17.0. The molecule has 25 heavy (non-hydrogen) atoms. The minimum absolute atomic E-state index is 0.00973. The van der Waals surface area contributed by atoms with Crippen molar-refractivity contribution in [3.8, 4) is 5.88 Å². The smallest absolute Gasteiger partial charge is 0.257 e. The molecule has 0 radical (unpaired) electrons. The normalized spacial score (nSPS) is 23.0. The Hall–Kier alpha value is -2.81. The highest BCUT2D eigenvalue weighted by molar-refractivity contribution is 5.82. The van der Waals surface area contributed by atoms with Gasteiger partial charge in [-0.1, -0.05) is 0 Å². The van der Waals surface area contributed by atoms with E-state index in [0.29, 0.717) is 11.5 Å². The Bertz CT molecular complexity index is 817. The molecule has 2 heterocycles. The molecule has 0 amide bonds. The number of anilines is 2. The number of aromatic nitrogens is 2. The van der Waals surface area contributed by atoms with E-state index in [-0.39, 0.29) is 23.9 Å². The minimum atomic E-state index is -1.82. The van der Waals surface area contributed by atoms with E-state index >= 15 is 0 Å². The average Bonchev–Trinajstić information content (AvgIpc) is 2.60. The largest absolute Gasteiger partial charge is 0.478 e. The number of benzene rings is 1. The first-order valence-corrected chi connectivity index (χ1v) is 7.46. The van der Waals surface area contributed by atoms with Crippen LogP contribution in [0.5, 0.6) is 5.88 Å². The predicted molar refractivity (Wildman–Crippen MR) is 88.1 cm³/mol. The predicted octanol–water partition coefficient (Wildman–Crippen LogP) is 2.27. The molecule has 1 aliphatic rings. The van der Waals surface area contributed by atoms with Gasteiger partial charge >= 0.3 is 0 Å². The average molecular weight is 349 g/mol. The number of hydrogen-bond donors (Lipinski definition) is 2. The molecule has 2 aromatic rings. The van der Waals surface area contributed by atoms with Crippen LogP contribution in [0.2, 0.25) is 0 Å². The third-order valence-corrected chi connectivity index (χ3v) is 3.83. The Morgan fingerprint density at radius 2 is 2.12 bits per heavy atom. The molecule has 1 aliphatic heterocycles. The van der Waals surface area contributed by atoms with Crippen molar-refractivity contribution in [1.29, 1.82) is 0 Å². The molecule has 9 heteroatoms. The summed E-state index contributed by atoms with van der Waals surface area (Å²) in [5, 5.41) is 2.97. The van der Waals surface area contributed by atoms with E-state index in [0.717, 1.165) is 0 Å². The van der Waals surface area contributed by atoms with Crippen LogP contribution in [0, 0.1) is 5.82 Å². The van der Waals surface area contributed by atoms with Gasteiger partial charge in [-0.15, -0.1) is 0 Å². The summed E-state index contributed by atoms with van der Waals surface area (Å²) >= 11 is 0. The molecule has 2 atom stereocenters. The maximum Gasteiger partial charge on any atom is 0.257 e. The Balaban J connectivity index is 2.00. The van der Waals surface area contributed by atoms with Gasteiger partial charge in [0.2, 0.25) is 6.36 Å². The highest BCUT2D eigenvalue weighted by Crippen LogP contribution is 2.37. The lowest BCUT2D eigenvalue weighted by molar-refractivity contribution is -0.0805. The Labute approximate surface area is 142 Å². The van der Waals surface area contributed by atoms with Crippen LogP contribution >= 0.6 is 0 Å². The Kier molecular flexibility index (Phi) is 4.49. The molecular formula is C16H17F2N5O2. The molecule has 132 valence electrons. The molecule has 0 saturated heterocycles. The molecular weight excluding hydrogens is 332 g/mol. The van der Waals surface area contributed by atoms with Gasteiger partial charge in [0, 0.05) is 23.6 Å². The van der Waals surface area contributed by atoms with E-state index < -0.39 is 17.7 Å². The third kappa shape index (κ3) is 3.22. The summed E-state index contributed by atoms with van der Waals surface area (Å²) in [4.78, 5) is 12.2. The number of nitrogens with two attached hydrogens (primary N) is 1. The van der Waals surface area contributed by atoms with Crippen molar-refractivity contribution in [3.63, 3.8) is 0 Å². The summed E-state index contributed by atoms with van der Waals surface area (Å²) in [7, 11) is 1.46. The number of nitrogens with one attached hydrogen (secondary N) is 1. The molecule has 0 saturated carbocycles. The number of methoxy groups -OCH3 is 1. The zero-order chi connectivity index (χ0) is 18.0. The minimum Gasteiger partial charge on any atom is -0.478 e. The Morgan fingerprint density at radius 1 is 1.36 bits per heavy atom. The van der Waals surface area contributed by atoms with Crippen molar-refractivity contribution in [1.82, 2.24) is 9.97 Å². The number of rotatable bonds is 4. The van der Waals surface area contributed by atoms with Crippen molar-refractivity contribution >= 4 is 17.3 Å². The number of alkyl halides is 1. The summed E-state index contributed by atoms with van der Waals surface area (Å²) in [6, 6.07) is 4.13. The summed E-state index contributed by atoms with van der Waals surface area (Å²) in [5.41, 5.74) is 4.53. The van der Waals surface area contributed by atoms with Gasteiger partial charge in [-0.05, 0) is 25.1 Å². The highest BCUT2D eigenvalue weighted by Gasteiger charge is 2.42. The SMILES string of the molecule is COc1nccnc1Nc1ccc(F)c(C2(C)N=C(N)COC2F)c1. The topological polar surface area (TPSA) is 94.7 Å². The lowest BCUT2D eigenvalue weighted by atomic mass is 9.90. The third-order valence-electron chi connectivity index (χ3n) is 3.83. The quantitative estimate of drug-likeness (QED) is 0.879. The molecule has 0 spiro atoms. The van der Waals surface area contributed by atoms with Crippen molar-refractivity contribution in [2.45, 2.75) is 18.8 Å². The van der Waals surface area contributed by atoms with E-state index in [1.165, 1.54) is 44.6 Å². The van der Waals surface area contributed by atoms with E-state index in [1.54, 1.807) is 0 Å². The fraction of sp³-hybridized carbons (Fsp3) is 0.312. The maximum absolute atomic E-state index is 14.4. The second-order valence-electron chi connectivity index (χ2n) is 5.61. The first-order valence-electron chi connectivity index (χ1n) is 7.46. The van der Waals surface area contributed by atoms with Gasteiger partial charge in [0.05, 0.1) is 7.11 Å². The zero-order valence-corrected chi connectivity index (χ0v) is 13.7. The second-order valence-corrected chi connectivity index (χ2v) is 5.61. The van der Waals surface area contributed by atoms with Gasteiger partial charge in [-0.3, -0.25) is 4.99 Å². The number of amidine groups is 1. The highest BCUT2D eigenvalue weighted by atomic mass is 19.1. The lowest BCUT2D eigenvalue weighted by Crippen LogP contribution is -2.43. The van der Waals surface area contributed by atoms with Gasteiger partial charge in [-0.2, -0.15) is 0 Å². The molecule has 0 fully saturated rings. The number of hydrogen-bond acceptors (Lipinski definition) is 7. The van der Waals surface area contributed by atoms with Crippen LogP contribution in [-0.4, -0.2) is 35.9 Å². The van der Waals surface area contributed by atoms with E-state index in [1.807, 2.05) is 0 Å². The van der Waals surface area contributed by atoms with Crippen LogP contribution in [0.1, 0.15) is 12.5 Å². The molecule has 1 aromatic carbocycles. The van der Waals surface area contributed by atoms with Gasteiger partial charge in [0.1, 0.15) is 23.8 Å². The van der Waals surface area contributed by atoms with Crippen molar-refractivity contribution in [3.05, 3.63) is 42.0 Å². The number of aliphatic imine (C=N–C) groups is 1. The van der Waals surface area contributed by atoms with Gasteiger partial charge in [0.25, 0.3) is 5.88 Å². The molecule has 0 bridgehead atoms. The van der Waals surface area contributed by atoms with Gasteiger partial charge in [0.15, 0.2) is 5.82 Å². The van der Waals surface area contributed by atoms with Crippen molar-refractivity contribution in [2.24, 2.45) is 10.7 Å². The molecule has 3 N–H and O–H groups in total. The van der Waals surface area contributed by atoms with Crippen LogP contribution < -0.4 is 15.8 Å². The Morgan fingerprint density at radius 3 is 2.88 bits per heavy atom. The van der Waals surface area contributed by atoms with Crippen LogP contribution in [0.25, 0.3) is 0 Å². The zero-order valence-electron chi connectivity index (χ0n) is 13.7. The van der Waals surface area contributed by atoms with Crippen LogP contribution in [0.3, 0.4) is 0 Å². The van der Waals surface area contributed by atoms with Crippen molar-refractivity contribution < 1.29 is 18.3 Å². The summed E-state index contributed by atoms with van der Waals surface area (Å²) in [5.74, 6) is 0.0901. The number of ether oxygens (including phenoxy) is 2. The molecule has 3 rings (SSSR count). The maximum atomic E-state index is 14.4. The first-order chi connectivity index (χ1) is 11.9. The lowest BCUT2D eigenvalue weighted by Gasteiger charge is -2.33. The molecule has 0 aliphatic carbocycles. The van der Waals surface area contributed by atoms with E-state index in [9.17, 15) is 8.78 Å². The van der Waals surface area contributed by atoms with Gasteiger partial charge < -0.3 is 20.5 Å². The standard InChI is InChI=1S/C16H17F2N5O2/c1-16(15(18)25-8-12(19)23-16)10-7-9(3-4-11(10)17)22-13-14(24-2)21-6-5-20-13/h3-7,15H,8H2,1-2H3,(H2,19,23)(H,20,22). The van der Waals surface area contributed by atoms with Crippen LogP contribution in [-0.2, 0) is 10.3 Å². The summed E-state index contributed by atoms with van der Waals surface area (Å²) in [6.07, 6.45) is 1.13. The van der Waals surface area contributed by atoms with Crippen molar-refractivity contribution in [2.75, 3.05) is 19.0 Å². The van der Waals surface area contributed by atoms with E-state index in [2.05, 4.69) is 20.3 Å². The van der Waals surface area contributed by atoms with Crippen LogP contribution in [0.4, 0.5) is 20.3 Å². The molecule has 2 unspecified atom stereocenters. The van der Waals surface area contributed by atoms with Gasteiger partial charge in [-0.25, -0.2) is 18.7 Å². The van der Waals surface area contributed by atoms with Crippen LogP contribution in [0.15, 0.2) is 35.6 Å². The number of nitrogens with zero attached hydrogens (tertiary/aromatic N) is 3. The summed E-state index contributed by atoms with van der Waals surface area (Å²) in [6.45, 7) is 1.29. The monoisotopic (exact) mass is 349 g/mol. The fourth-order valence-electron chi connectivity index (χ4n) is 2.57.